The molecule has 6 heteroatoms. The van der Waals surface area contributed by atoms with E-state index in [-0.39, 0.29) is 0 Å². The Morgan fingerprint density at radius 3 is 1.03 bits per heavy atom. The SMILES string of the molecule is [Cl][Ni].c1ccc(P[CH-]CCPc2ccccc2)cc1.c1ccc(P[CH-]CCPc2ccccc2)cc1. The van der Waals surface area contributed by atoms with Crippen LogP contribution < -0.4 is 21.2 Å². The van der Waals surface area contributed by atoms with Crippen LogP contribution in [0.1, 0.15) is 12.8 Å². The summed E-state index contributed by atoms with van der Waals surface area (Å²) >= 11 is 3.35. The van der Waals surface area contributed by atoms with E-state index in [1.54, 1.807) is 0 Å². The first kappa shape index (κ1) is 31.6. The Bertz CT molecular complexity index is 838. The maximum atomic E-state index is 4.26. The van der Waals surface area contributed by atoms with Gasteiger partial charge < -0.3 is 12.3 Å². The molecular weight excluding hydrogens is 578 g/mol. The molecule has 0 saturated carbocycles. The monoisotopic (exact) mass is 611 g/mol. The van der Waals surface area contributed by atoms with Gasteiger partial charge in [-0.2, -0.15) is 12.8 Å². The Hall–Kier alpha value is -0.616. The Kier molecular flexibility index (Phi) is 19.6. The van der Waals surface area contributed by atoms with E-state index >= 15 is 0 Å². The zero-order valence-electron chi connectivity index (χ0n) is 20.2. The van der Waals surface area contributed by atoms with Gasteiger partial charge in [-0.1, -0.05) is 161 Å². The standard InChI is InChI=1S/2C15H17P2.ClH.Ni/c2*1-3-8-14(9-4-1)16-12-7-13-17-15-10-5-2-6-11-15;;/h2*1-6,8-12,16-17H,7,13H2;1H;/q2*-1;;+1/p-1. The number of hydrogen-bond acceptors (Lipinski definition) is 0. The second kappa shape index (κ2) is 22.4. The van der Waals surface area contributed by atoms with Crippen LogP contribution >= 0.6 is 44.5 Å². The third kappa shape index (κ3) is 15.6. The van der Waals surface area contributed by atoms with Gasteiger partial charge in [0.05, 0.1) is 0 Å². The predicted octanol–water partition coefficient (Wildman–Crippen LogP) is 7.78. The minimum atomic E-state index is 0.851. The van der Waals surface area contributed by atoms with Gasteiger partial charge in [0.2, 0.25) is 0 Å². The normalized spacial score (nSPS) is 11.3. The summed E-state index contributed by atoms with van der Waals surface area (Å²) in [6, 6.07) is 42.9. The van der Waals surface area contributed by atoms with Gasteiger partial charge in [-0.25, -0.2) is 0 Å². The van der Waals surface area contributed by atoms with Gasteiger partial charge in [-0.05, 0) is 10.6 Å². The topological polar surface area (TPSA) is 0 Å². The number of benzene rings is 4. The summed E-state index contributed by atoms with van der Waals surface area (Å²) in [6.07, 6.45) is 9.85. The van der Waals surface area contributed by atoms with Crippen molar-refractivity contribution in [3.63, 3.8) is 0 Å². The molecule has 4 unspecified atom stereocenters. The molecule has 0 saturated heterocycles. The number of rotatable bonds is 12. The molecule has 36 heavy (non-hydrogen) atoms. The molecule has 0 heterocycles. The maximum Gasteiger partial charge on any atom is -0.0272 e. The predicted molar refractivity (Wildman–Crippen MR) is 171 cm³/mol. The molecule has 0 spiro atoms. The molecule has 0 amide bonds. The first-order valence-corrected chi connectivity index (χ1v) is 17.8. The molecule has 0 aromatic heterocycles. The Labute approximate surface area is 238 Å². The zero-order chi connectivity index (χ0) is 25.5. The Morgan fingerprint density at radius 1 is 0.444 bits per heavy atom. The molecular formula is C30H34ClNiP4-2. The largest absolute Gasteiger partial charge is 0.301 e. The molecule has 0 N–H and O–H groups in total. The molecule has 193 valence electrons. The van der Waals surface area contributed by atoms with E-state index in [2.05, 4.69) is 158 Å². The van der Waals surface area contributed by atoms with E-state index < -0.39 is 0 Å². The van der Waals surface area contributed by atoms with Crippen molar-refractivity contribution in [1.29, 1.82) is 0 Å². The van der Waals surface area contributed by atoms with Crippen LogP contribution in [-0.2, 0) is 14.6 Å². The minimum Gasteiger partial charge on any atom is -0.301 e. The van der Waals surface area contributed by atoms with Crippen LogP contribution in [0.3, 0.4) is 0 Å². The van der Waals surface area contributed by atoms with Crippen LogP contribution in [0.15, 0.2) is 121 Å². The van der Waals surface area contributed by atoms with Gasteiger partial charge in [0.15, 0.2) is 0 Å². The van der Waals surface area contributed by atoms with Crippen LogP contribution in [0, 0.1) is 12.3 Å². The molecule has 4 rings (SSSR count). The van der Waals surface area contributed by atoms with Crippen molar-refractivity contribution in [2.24, 2.45) is 0 Å². The summed E-state index contributed by atoms with van der Waals surface area (Å²) < 4.78 is 0. The first-order chi connectivity index (χ1) is 17.9. The average molecular weight is 613 g/mol. The molecule has 0 fully saturated rings. The molecule has 0 aliphatic carbocycles. The smallest absolute Gasteiger partial charge is 0.0272 e. The first-order valence-electron chi connectivity index (χ1n) is 11.9. The van der Waals surface area contributed by atoms with Crippen molar-refractivity contribution in [2.45, 2.75) is 12.8 Å². The summed E-state index contributed by atoms with van der Waals surface area (Å²) in [4.78, 5) is 0. The van der Waals surface area contributed by atoms with Gasteiger partial charge in [-0.15, -0.1) is 0 Å². The van der Waals surface area contributed by atoms with Crippen molar-refractivity contribution >= 4 is 65.7 Å². The Balaban J connectivity index is 0.000000237. The fourth-order valence-electron chi connectivity index (χ4n) is 3.14. The summed E-state index contributed by atoms with van der Waals surface area (Å²) in [6.45, 7) is 0. The van der Waals surface area contributed by atoms with E-state index in [1.807, 2.05) is 0 Å². The van der Waals surface area contributed by atoms with Crippen molar-refractivity contribution in [2.75, 3.05) is 12.3 Å². The third-order valence-corrected chi connectivity index (χ3v) is 9.75. The third-order valence-electron chi connectivity index (χ3n) is 4.87. The fourth-order valence-corrected chi connectivity index (χ4v) is 7.55. The van der Waals surface area contributed by atoms with Crippen LogP contribution in [0.5, 0.6) is 0 Å². The van der Waals surface area contributed by atoms with Crippen LogP contribution in [0.2, 0.25) is 0 Å². The van der Waals surface area contributed by atoms with Gasteiger partial charge in [0, 0.05) is 0 Å². The molecule has 0 aliphatic rings. The minimum absolute atomic E-state index is 0.851. The summed E-state index contributed by atoms with van der Waals surface area (Å²) in [5.74, 6) is 0. The summed E-state index contributed by atoms with van der Waals surface area (Å²) in [7, 11) is 7.86. The van der Waals surface area contributed by atoms with Crippen LogP contribution in [-0.4, -0.2) is 12.3 Å². The van der Waals surface area contributed by atoms with Crippen LogP contribution in [0.4, 0.5) is 0 Å². The average Bonchev–Trinajstić information content (AvgIpc) is 2.96. The van der Waals surface area contributed by atoms with Crippen LogP contribution in [0.25, 0.3) is 0 Å². The van der Waals surface area contributed by atoms with Crippen molar-refractivity contribution in [3.05, 3.63) is 134 Å². The second-order valence-electron chi connectivity index (χ2n) is 7.59. The number of halogens is 1. The quantitative estimate of drug-likeness (QED) is 0.0664. The fraction of sp³-hybridized carbons (Fsp3) is 0.133. The number of hydrogen-bond donors (Lipinski definition) is 0. The van der Waals surface area contributed by atoms with Gasteiger partial charge in [-0.3, -0.25) is 17.2 Å². The molecule has 0 radical (unpaired) electrons. The molecule has 4 atom stereocenters. The molecule has 0 bridgehead atoms. The van der Waals surface area contributed by atoms with Crippen molar-refractivity contribution in [1.82, 2.24) is 0 Å². The van der Waals surface area contributed by atoms with E-state index in [0.717, 1.165) is 34.3 Å². The van der Waals surface area contributed by atoms with Gasteiger partial charge in [0.1, 0.15) is 0 Å². The van der Waals surface area contributed by atoms with E-state index in [1.165, 1.54) is 46.4 Å². The molecule has 4 aromatic rings. The van der Waals surface area contributed by atoms with E-state index in [0.29, 0.717) is 0 Å². The van der Waals surface area contributed by atoms with E-state index in [4.69, 9.17) is 0 Å². The Morgan fingerprint density at radius 2 is 0.722 bits per heavy atom. The van der Waals surface area contributed by atoms with Crippen molar-refractivity contribution in [3.8, 4) is 0 Å². The second-order valence-corrected chi connectivity index (χ2v) is 13.0. The molecule has 0 aliphatic heterocycles. The molecule has 0 nitrogen and oxygen atoms in total. The summed E-state index contributed by atoms with van der Waals surface area (Å²) in [5.41, 5.74) is 0. The maximum absolute atomic E-state index is 4.26. The molecule has 4 aromatic carbocycles. The van der Waals surface area contributed by atoms with Gasteiger partial charge >= 0.3 is 24.8 Å². The van der Waals surface area contributed by atoms with Gasteiger partial charge in [0.25, 0.3) is 0 Å². The van der Waals surface area contributed by atoms with E-state index in [9.17, 15) is 0 Å². The van der Waals surface area contributed by atoms with Crippen molar-refractivity contribution < 1.29 is 14.6 Å². The zero-order valence-corrected chi connectivity index (χ0v) is 26.0. The summed E-state index contributed by atoms with van der Waals surface area (Å²) in [5, 5.41) is 5.83.